The quantitative estimate of drug-likeness (QED) is 0.858. The average molecular weight is 329 g/mol. The van der Waals surface area contributed by atoms with E-state index >= 15 is 0 Å². The summed E-state index contributed by atoms with van der Waals surface area (Å²) in [5, 5.41) is 2.71. The lowest BCUT2D eigenvalue weighted by atomic mass is 10.2. The highest BCUT2D eigenvalue weighted by atomic mass is 16.5. The normalized spacial score (nSPS) is 17.5. The summed E-state index contributed by atoms with van der Waals surface area (Å²) in [5.74, 6) is 0.507. The Morgan fingerprint density at radius 2 is 2.21 bits per heavy atom. The van der Waals surface area contributed by atoms with E-state index in [0.29, 0.717) is 37.6 Å². The van der Waals surface area contributed by atoms with Crippen molar-refractivity contribution >= 4 is 11.8 Å². The molecule has 1 saturated heterocycles. The molecule has 126 valence electrons. The Bertz CT molecular complexity index is 716. The average Bonchev–Trinajstić information content (AvgIpc) is 3.09. The number of H-pyrrole nitrogens is 1. The smallest absolute Gasteiger partial charge is 0.254 e. The van der Waals surface area contributed by atoms with Gasteiger partial charge in [-0.05, 0) is 12.1 Å². The predicted octanol–water partition coefficient (Wildman–Crippen LogP) is 0.654. The van der Waals surface area contributed by atoms with E-state index in [1.807, 2.05) is 0 Å². The van der Waals surface area contributed by atoms with Crippen molar-refractivity contribution in [2.24, 2.45) is 0 Å². The monoisotopic (exact) mass is 329 g/mol. The summed E-state index contributed by atoms with van der Waals surface area (Å²) in [5.41, 5.74) is 1.40. The summed E-state index contributed by atoms with van der Waals surface area (Å²) in [6, 6.07) is 3.40. The van der Waals surface area contributed by atoms with Gasteiger partial charge in [-0.1, -0.05) is 0 Å². The maximum atomic E-state index is 12.5. The molecule has 0 bridgehead atoms. The molecule has 0 saturated carbocycles. The van der Waals surface area contributed by atoms with Crippen LogP contribution in [0.25, 0.3) is 0 Å². The molecular weight excluding hydrogens is 310 g/mol. The highest BCUT2D eigenvalue weighted by Gasteiger charge is 2.27. The molecule has 2 amide bonds. The van der Waals surface area contributed by atoms with Crippen molar-refractivity contribution in [1.82, 2.24) is 25.2 Å². The third kappa shape index (κ3) is 3.77. The number of carbonyl (C=O) groups is 2. The van der Waals surface area contributed by atoms with E-state index in [0.717, 1.165) is 5.69 Å². The standard InChI is InChI=1S/C16H19N5O3/c1-11(22)18-8-13-9-19-15(20-13)14-10-21(6-7-24-14)16(23)12-2-4-17-5-3-12/h2-5,9,14H,6-8,10H2,1H3,(H,18,22)(H,19,20)/t14-/m0/s1. The number of aromatic nitrogens is 3. The van der Waals surface area contributed by atoms with Crippen LogP contribution in [0.1, 0.15) is 34.9 Å². The number of nitrogens with zero attached hydrogens (tertiary/aromatic N) is 3. The topological polar surface area (TPSA) is 100 Å². The minimum atomic E-state index is -0.310. The van der Waals surface area contributed by atoms with Crippen molar-refractivity contribution in [2.45, 2.75) is 19.6 Å². The zero-order valence-electron chi connectivity index (χ0n) is 13.4. The van der Waals surface area contributed by atoms with E-state index in [1.165, 1.54) is 6.92 Å². The van der Waals surface area contributed by atoms with Gasteiger partial charge in [0.15, 0.2) is 0 Å². The molecule has 2 N–H and O–H groups in total. The second-order valence-corrected chi connectivity index (χ2v) is 5.55. The van der Waals surface area contributed by atoms with Crippen LogP contribution in [-0.2, 0) is 16.1 Å². The largest absolute Gasteiger partial charge is 0.367 e. The van der Waals surface area contributed by atoms with Crippen molar-refractivity contribution < 1.29 is 14.3 Å². The Labute approximate surface area is 139 Å². The third-order valence-electron chi connectivity index (χ3n) is 3.76. The van der Waals surface area contributed by atoms with Crippen molar-refractivity contribution in [3.8, 4) is 0 Å². The number of nitrogens with one attached hydrogen (secondary N) is 2. The number of pyridine rings is 1. The first kappa shape index (κ1) is 16.1. The zero-order chi connectivity index (χ0) is 16.9. The van der Waals surface area contributed by atoms with Gasteiger partial charge in [0.25, 0.3) is 5.91 Å². The van der Waals surface area contributed by atoms with Crippen molar-refractivity contribution in [2.75, 3.05) is 19.7 Å². The van der Waals surface area contributed by atoms with Crippen LogP contribution in [0.5, 0.6) is 0 Å². The lowest BCUT2D eigenvalue weighted by molar-refractivity contribution is -0.119. The summed E-state index contributed by atoms with van der Waals surface area (Å²) in [7, 11) is 0. The Hall–Kier alpha value is -2.74. The Morgan fingerprint density at radius 1 is 1.42 bits per heavy atom. The third-order valence-corrected chi connectivity index (χ3v) is 3.76. The molecule has 8 heteroatoms. The molecule has 1 aliphatic heterocycles. The van der Waals surface area contributed by atoms with Gasteiger partial charge in [0.05, 0.1) is 31.6 Å². The fraction of sp³-hybridized carbons (Fsp3) is 0.375. The molecule has 3 heterocycles. The van der Waals surface area contributed by atoms with Crippen LogP contribution in [0.2, 0.25) is 0 Å². The Kier molecular flexibility index (Phi) is 4.85. The van der Waals surface area contributed by atoms with Gasteiger partial charge in [0, 0.05) is 31.4 Å². The van der Waals surface area contributed by atoms with Crippen molar-refractivity contribution in [3.63, 3.8) is 0 Å². The van der Waals surface area contributed by atoms with E-state index in [-0.39, 0.29) is 17.9 Å². The second kappa shape index (κ2) is 7.22. The van der Waals surface area contributed by atoms with E-state index in [1.54, 1.807) is 35.6 Å². The Morgan fingerprint density at radius 3 is 2.96 bits per heavy atom. The number of hydrogen-bond donors (Lipinski definition) is 2. The van der Waals surface area contributed by atoms with Gasteiger partial charge in [-0.3, -0.25) is 14.6 Å². The fourth-order valence-corrected chi connectivity index (χ4v) is 2.53. The van der Waals surface area contributed by atoms with Gasteiger partial charge in [-0.2, -0.15) is 0 Å². The molecule has 1 fully saturated rings. The second-order valence-electron chi connectivity index (χ2n) is 5.55. The molecule has 0 radical (unpaired) electrons. The van der Waals surface area contributed by atoms with Crippen LogP contribution >= 0.6 is 0 Å². The lowest BCUT2D eigenvalue weighted by Gasteiger charge is -2.32. The maximum absolute atomic E-state index is 12.5. The summed E-state index contributed by atoms with van der Waals surface area (Å²) in [6.45, 7) is 3.26. The molecule has 0 spiro atoms. The molecule has 1 atom stereocenters. The summed E-state index contributed by atoms with van der Waals surface area (Å²) in [4.78, 5) is 36.6. The van der Waals surface area contributed by atoms with Gasteiger partial charge < -0.3 is 19.9 Å². The number of hydrogen-bond acceptors (Lipinski definition) is 5. The van der Waals surface area contributed by atoms with Gasteiger partial charge in [0.2, 0.25) is 5.91 Å². The van der Waals surface area contributed by atoms with Gasteiger partial charge >= 0.3 is 0 Å². The first-order valence-electron chi connectivity index (χ1n) is 7.72. The first-order valence-corrected chi connectivity index (χ1v) is 7.72. The zero-order valence-corrected chi connectivity index (χ0v) is 13.4. The number of carbonyl (C=O) groups excluding carboxylic acids is 2. The van der Waals surface area contributed by atoms with Crippen LogP contribution in [0.15, 0.2) is 30.7 Å². The summed E-state index contributed by atoms with van der Waals surface area (Å²) < 4.78 is 5.73. The molecular formula is C16H19N5O3. The predicted molar refractivity (Wildman–Crippen MR) is 84.9 cm³/mol. The molecule has 0 aromatic carbocycles. The van der Waals surface area contributed by atoms with Crippen LogP contribution in [-0.4, -0.2) is 51.4 Å². The van der Waals surface area contributed by atoms with E-state index in [4.69, 9.17) is 4.74 Å². The number of amides is 2. The van der Waals surface area contributed by atoms with Gasteiger partial charge in [0.1, 0.15) is 11.9 Å². The van der Waals surface area contributed by atoms with Crippen LogP contribution in [0, 0.1) is 0 Å². The van der Waals surface area contributed by atoms with Crippen molar-refractivity contribution in [1.29, 1.82) is 0 Å². The number of aromatic amines is 1. The lowest BCUT2D eigenvalue weighted by Crippen LogP contribution is -2.42. The highest BCUT2D eigenvalue weighted by Crippen LogP contribution is 2.21. The number of ether oxygens (including phenoxy) is 1. The summed E-state index contributed by atoms with van der Waals surface area (Å²) in [6.07, 6.45) is 4.56. The van der Waals surface area contributed by atoms with Gasteiger partial charge in [-0.15, -0.1) is 0 Å². The fourth-order valence-electron chi connectivity index (χ4n) is 2.53. The summed E-state index contributed by atoms with van der Waals surface area (Å²) >= 11 is 0. The number of rotatable bonds is 4. The van der Waals surface area contributed by atoms with Crippen LogP contribution in [0.4, 0.5) is 0 Å². The molecule has 24 heavy (non-hydrogen) atoms. The van der Waals surface area contributed by atoms with E-state index in [9.17, 15) is 9.59 Å². The minimum absolute atomic E-state index is 0.0456. The highest BCUT2D eigenvalue weighted by molar-refractivity contribution is 5.94. The van der Waals surface area contributed by atoms with E-state index < -0.39 is 0 Å². The molecule has 8 nitrogen and oxygen atoms in total. The maximum Gasteiger partial charge on any atom is 0.254 e. The van der Waals surface area contributed by atoms with Gasteiger partial charge in [-0.25, -0.2) is 4.98 Å². The molecule has 0 aliphatic carbocycles. The Balaban J connectivity index is 1.65. The molecule has 2 aromatic rings. The van der Waals surface area contributed by atoms with Crippen LogP contribution in [0.3, 0.4) is 0 Å². The molecule has 2 aromatic heterocycles. The van der Waals surface area contributed by atoms with Crippen molar-refractivity contribution in [3.05, 3.63) is 47.8 Å². The number of morpholine rings is 1. The SMILES string of the molecule is CC(=O)NCc1cnc([C@@H]2CN(C(=O)c3ccncc3)CCO2)[nH]1. The molecule has 0 unspecified atom stereocenters. The molecule has 1 aliphatic rings. The first-order chi connectivity index (χ1) is 11.6. The minimum Gasteiger partial charge on any atom is -0.367 e. The molecule has 3 rings (SSSR count). The van der Waals surface area contributed by atoms with Crippen LogP contribution < -0.4 is 5.32 Å². The van der Waals surface area contributed by atoms with E-state index in [2.05, 4.69) is 20.3 Å². The number of imidazole rings is 1.